The van der Waals surface area contributed by atoms with Crippen LogP contribution in [-0.2, 0) is 0 Å². The van der Waals surface area contributed by atoms with Crippen LogP contribution < -0.4 is 0 Å². The highest BCUT2D eigenvalue weighted by atomic mass is 35.6. The van der Waals surface area contributed by atoms with Crippen molar-refractivity contribution in [3.05, 3.63) is 0 Å². The Bertz CT molecular complexity index is 200. The molecule has 86 valence electrons. The van der Waals surface area contributed by atoms with E-state index in [1.807, 2.05) is 0 Å². The van der Waals surface area contributed by atoms with Crippen molar-refractivity contribution < 1.29 is 22.0 Å². The summed E-state index contributed by atoms with van der Waals surface area (Å²) in [5.41, 5.74) is 0. The van der Waals surface area contributed by atoms with E-state index >= 15 is 0 Å². The Hall–Kier alpha value is 0.520. The Kier molecular flexibility index (Phi) is 4.33. The van der Waals surface area contributed by atoms with Crippen molar-refractivity contribution in [2.45, 2.75) is 35.2 Å². The fourth-order valence-corrected chi connectivity index (χ4v) is 1.02. The van der Waals surface area contributed by atoms with Crippen LogP contribution in [0.3, 0.4) is 0 Å². The van der Waals surface area contributed by atoms with Crippen molar-refractivity contribution in [2.75, 3.05) is 0 Å². The lowest BCUT2D eigenvalue weighted by Crippen LogP contribution is -2.55. The molecule has 0 heterocycles. The number of halogens is 8. The lowest BCUT2D eigenvalue weighted by molar-refractivity contribution is -0.236. The van der Waals surface area contributed by atoms with Gasteiger partial charge in [0.1, 0.15) is 0 Å². The summed E-state index contributed by atoms with van der Waals surface area (Å²) in [6.45, 7) is 0.979. The van der Waals surface area contributed by atoms with E-state index in [9.17, 15) is 22.0 Å². The third-order valence-corrected chi connectivity index (χ3v) is 2.24. The number of hydrogen-bond acceptors (Lipinski definition) is 0. The van der Waals surface area contributed by atoms with Gasteiger partial charge in [0.2, 0.25) is 0 Å². The minimum Gasteiger partial charge on any atom is -0.241 e. The highest BCUT2D eigenvalue weighted by Crippen LogP contribution is 2.52. The molecule has 8 heteroatoms. The summed E-state index contributed by atoms with van der Waals surface area (Å²) in [6.07, 6.45) is -3.86. The molecule has 0 aromatic rings. The van der Waals surface area contributed by atoms with Crippen molar-refractivity contribution in [1.82, 2.24) is 0 Å². The zero-order valence-electron chi connectivity index (χ0n) is 6.81. The fourth-order valence-electron chi connectivity index (χ4n) is 0.642. The molecule has 0 fully saturated rings. The molecule has 0 N–H and O–H groups in total. The van der Waals surface area contributed by atoms with E-state index in [4.69, 9.17) is 0 Å². The molecule has 1 unspecified atom stereocenters. The van der Waals surface area contributed by atoms with Gasteiger partial charge in [-0.15, -0.1) is 0 Å². The summed E-state index contributed by atoms with van der Waals surface area (Å²) in [6, 6.07) is 0. The van der Waals surface area contributed by atoms with Gasteiger partial charge in [0.15, 0.2) is 6.17 Å². The van der Waals surface area contributed by atoms with Gasteiger partial charge < -0.3 is 0 Å². The molecule has 0 aliphatic heterocycles. The third-order valence-electron chi connectivity index (χ3n) is 1.53. The van der Waals surface area contributed by atoms with Crippen molar-refractivity contribution in [3.63, 3.8) is 0 Å². The summed E-state index contributed by atoms with van der Waals surface area (Å²) in [7, 11) is 0. The molecular formula is C6H6Cl3F5. The van der Waals surface area contributed by atoms with E-state index in [1.54, 1.807) is 0 Å². The lowest BCUT2D eigenvalue weighted by atomic mass is 10.1. The van der Waals surface area contributed by atoms with Crippen LogP contribution in [0.1, 0.15) is 13.3 Å². The molecule has 0 bridgehead atoms. The van der Waals surface area contributed by atoms with Gasteiger partial charge in [-0.2, -0.15) is 17.6 Å². The zero-order valence-corrected chi connectivity index (χ0v) is 9.08. The maximum atomic E-state index is 12.8. The Morgan fingerprint density at radius 1 is 1.07 bits per heavy atom. The van der Waals surface area contributed by atoms with Crippen molar-refractivity contribution in [3.8, 4) is 0 Å². The largest absolute Gasteiger partial charge is 0.359 e. The van der Waals surface area contributed by atoms with Crippen LogP contribution in [0.2, 0.25) is 0 Å². The normalized spacial score (nSPS) is 16.9. The number of rotatable bonds is 3. The third kappa shape index (κ3) is 2.36. The summed E-state index contributed by atoms with van der Waals surface area (Å²) in [5.74, 6) is -10.1. The molecule has 0 saturated carbocycles. The minimum atomic E-state index is -5.06. The molecule has 0 spiro atoms. The molecule has 0 aliphatic carbocycles. The molecule has 0 saturated heterocycles. The first-order valence-electron chi connectivity index (χ1n) is 3.45. The summed E-state index contributed by atoms with van der Waals surface area (Å²) in [4.78, 5) is 0. The highest BCUT2D eigenvalue weighted by molar-refractivity contribution is 6.68. The maximum Gasteiger partial charge on any atom is 0.359 e. The van der Waals surface area contributed by atoms with Crippen LogP contribution in [0.5, 0.6) is 0 Å². The Morgan fingerprint density at radius 3 is 1.64 bits per heavy atom. The molecule has 0 aromatic heterocycles. The van der Waals surface area contributed by atoms with Crippen LogP contribution in [0.25, 0.3) is 0 Å². The quantitative estimate of drug-likeness (QED) is 0.531. The summed E-state index contributed by atoms with van der Waals surface area (Å²) >= 11 is 13.9. The van der Waals surface area contributed by atoms with Gasteiger partial charge >= 0.3 is 11.8 Å². The molecule has 0 aliphatic rings. The lowest BCUT2D eigenvalue weighted by Gasteiger charge is -2.32. The second kappa shape index (κ2) is 4.18. The topological polar surface area (TPSA) is 0 Å². The van der Waals surface area contributed by atoms with Gasteiger partial charge in [-0.25, -0.2) is 4.39 Å². The monoisotopic (exact) mass is 278 g/mol. The molecule has 0 amide bonds. The van der Waals surface area contributed by atoms with E-state index in [-0.39, 0.29) is 0 Å². The predicted octanol–water partition coefficient (Wildman–Crippen LogP) is 4.38. The van der Waals surface area contributed by atoms with E-state index in [2.05, 4.69) is 34.8 Å². The average Bonchev–Trinajstić information content (AvgIpc) is 2.00. The highest BCUT2D eigenvalue weighted by Gasteiger charge is 2.70. The molecule has 0 nitrogen and oxygen atoms in total. The van der Waals surface area contributed by atoms with E-state index < -0.39 is 28.2 Å². The maximum absolute atomic E-state index is 12.8. The Morgan fingerprint density at radius 2 is 1.43 bits per heavy atom. The molecular weight excluding hydrogens is 273 g/mol. The predicted molar refractivity (Wildman–Crippen MR) is 45.4 cm³/mol. The van der Waals surface area contributed by atoms with Gasteiger partial charge in [-0.05, 0) is 6.42 Å². The second-order valence-electron chi connectivity index (χ2n) is 2.57. The van der Waals surface area contributed by atoms with Gasteiger partial charge in [-0.3, -0.25) is 0 Å². The van der Waals surface area contributed by atoms with Gasteiger partial charge in [0.05, 0.1) is 0 Å². The van der Waals surface area contributed by atoms with Crippen molar-refractivity contribution in [1.29, 1.82) is 0 Å². The molecule has 14 heavy (non-hydrogen) atoms. The molecule has 0 radical (unpaired) electrons. The van der Waals surface area contributed by atoms with E-state index in [0.29, 0.717) is 0 Å². The minimum absolute atomic E-state index is 0.802. The zero-order chi connectivity index (χ0) is 11.8. The van der Waals surface area contributed by atoms with Crippen molar-refractivity contribution in [2.24, 2.45) is 0 Å². The standard InChI is InChI=1S/C6H6Cl3F5/c1-2-3(10)4(11,12)5(13,14)6(7,8)9/h3H,2H2,1H3. The fraction of sp³-hybridized carbons (Fsp3) is 1.00. The van der Waals surface area contributed by atoms with E-state index in [1.165, 1.54) is 0 Å². The van der Waals surface area contributed by atoms with Crippen LogP contribution in [0.4, 0.5) is 22.0 Å². The van der Waals surface area contributed by atoms with E-state index in [0.717, 1.165) is 6.92 Å². The summed E-state index contributed by atoms with van der Waals surface area (Å²) in [5, 5.41) is 0. The average molecular weight is 279 g/mol. The smallest absolute Gasteiger partial charge is 0.241 e. The number of alkyl halides is 8. The van der Waals surface area contributed by atoms with Gasteiger partial charge in [0, 0.05) is 0 Å². The Labute approximate surface area is 92.3 Å². The SMILES string of the molecule is CCC(F)C(F)(F)C(F)(F)C(Cl)(Cl)Cl. The first kappa shape index (κ1) is 14.5. The van der Waals surface area contributed by atoms with Crippen LogP contribution in [0.15, 0.2) is 0 Å². The molecule has 0 aromatic carbocycles. The van der Waals surface area contributed by atoms with Crippen molar-refractivity contribution >= 4 is 34.8 Å². The van der Waals surface area contributed by atoms with Crippen LogP contribution in [0, 0.1) is 0 Å². The first-order chi connectivity index (χ1) is 5.98. The second-order valence-corrected chi connectivity index (χ2v) is 4.85. The van der Waals surface area contributed by atoms with Gasteiger partial charge in [-0.1, -0.05) is 41.7 Å². The first-order valence-corrected chi connectivity index (χ1v) is 4.58. The molecule has 0 rings (SSSR count). The van der Waals surface area contributed by atoms with Gasteiger partial charge in [0.25, 0.3) is 3.79 Å². The Balaban J connectivity index is 5.07. The summed E-state index contributed by atoms with van der Waals surface area (Å²) < 4.78 is 59.9. The van der Waals surface area contributed by atoms with Crippen LogP contribution >= 0.6 is 34.8 Å². The molecule has 1 atom stereocenters. The number of hydrogen-bond donors (Lipinski definition) is 0. The van der Waals surface area contributed by atoms with Crippen LogP contribution in [-0.4, -0.2) is 21.8 Å².